The maximum atomic E-state index is 11.3. The van der Waals surface area contributed by atoms with Gasteiger partial charge < -0.3 is 21.5 Å². The summed E-state index contributed by atoms with van der Waals surface area (Å²) in [4.78, 5) is 32.8. The van der Waals surface area contributed by atoms with Gasteiger partial charge >= 0.3 is 12.0 Å². The van der Waals surface area contributed by atoms with Gasteiger partial charge in [0.2, 0.25) is 5.91 Å². The van der Waals surface area contributed by atoms with Crippen molar-refractivity contribution in [1.29, 1.82) is 0 Å². The second-order valence-electron chi connectivity index (χ2n) is 4.06. The summed E-state index contributed by atoms with van der Waals surface area (Å²) in [7, 11) is 0. The zero-order chi connectivity index (χ0) is 12.3. The van der Waals surface area contributed by atoms with Crippen molar-refractivity contribution in [3.8, 4) is 0 Å². The average Bonchev–Trinajstić information content (AvgIpc) is 2.97. The molecule has 0 aromatic heterocycles. The molecule has 1 rings (SSSR count). The van der Waals surface area contributed by atoms with E-state index in [4.69, 9.17) is 10.8 Å². The van der Waals surface area contributed by atoms with Crippen LogP contribution in [0.25, 0.3) is 0 Å². The predicted molar refractivity (Wildman–Crippen MR) is 54.5 cm³/mol. The number of carbonyl (C=O) groups is 3. The standard InChI is InChI=1S/C9H15N3O4/c1-9(7(14)15,5-2-3-5)12-8(16)11-4-6(10)13/h5H,2-4H2,1H3,(H2,10,13)(H,14,15)(H2,11,12,16). The molecule has 0 saturated heterocycles. The topological polar surface area (TPSA) is 122 Å². The fraction of sp³-hybridized carbons (Fsp3) is 0.667. The van der Waals surface area contributed by atoms with Crippen molar-refractivity contribution in [1.82, 2.24) is 10.6 Å². The lowest BCUT2D eigenvalue weighted by atomic mass is 9.96. The summed E-state index contributed by atoms with van der Waals surface area (Å²) in [6, 6.07) is -0.699. The second kappa shape index (κ2) is 4.38. The molecule has 3 amide bonds. The van der Waals surface area contributed by atoms with E-state index in [2.05, 4.69) is 10.6 Å². The molecule has 0 aromatic carbocycles. The van der Waals surface area contributed by atoms with Crippen LogP contribution in [0.4, 0.5) is 4.79 Å². The summed E-state index contributed by atoms with van der Waals surface area (Å²) in [5.41, 5.74) is 3.56. The van der Waals surface area contributed by atoms with Gasteiger partial charge in [0.15, 0.2) is 0 Å². The van der Waals surface area contributed by atoms with Crippen molar-refractivity contribution in [2.45, 2.75) is 25.3 Å². The fourth-order valence-corrected chi connectivity index (χ4v) is 1.44. The number of hydrogen-bond acceptors (Lipinski definition) is 3. The highest BCUT2D eigenvalue weighted by atomic mass is 16.4. The summed E-state index contributed by atoms with van der Waals surface area (Å²) in [6.45, 7) is 1.14. The van der Waals surface area contributed by atoms with Crippen molar-refractivity contribution in [2.75, 3.05) is 6.54 Å². The average molecular weight is 229 g/mol. The number of nitrogens with two attached hydrogens (primary N) is 1. The van der Waals surface area contributed by atoms with E-state index in [0.29, 0.717) is 0 Å². The number of hydrogen-bond donors (Lipinski definition) is 4. The number of carbonyl (C=O) groups excluding carboxylic acids is 2. The van der Waals surface area contributed by atoms with Crippen LogP contribution in [-0.4, -0.2) is 35.1 Å². The third-order valence-electron chi connectivity index (χ3n) is 2.63. The largest absolute Gasteiger partial charge is 0.480 e. The minimum absolute atomic E-state index is 0.0515. The quantitative estimate of drug-likeness (QED) is 0.484. The van der Waals surface area contributed by atoms with Crippen LogP contribution in [0.1, 0.15) is 19.8 Å². The number of rotatable bonds is 5. The van der Waals surface area contributed by atoms with Crippen LogP contribution in [0.5, 0.6) is 0 Å². The van der Waals surface area contributed by atoms with Crippen LogP contribution < -0.4 is 16.4 Å². The number of primary amides is 1. The fourth-order valence-electron chi connectivity index (χ4n) is 1.44. The van der Waals surface area contributed by atoms with Gasteiger partial charge in [0.25, 0.3) is 0 Å². The molecule has 0 aromatic rings. The van der Waals surface area contributed by atoms with Gasteiger partial charge in [-0.25, -0.2) is 9.59 Å². The van der Waals surface area contributed by atoms with Crippen molar-refractivity contribution in [3.63, 3.8) is 0 Å². The molecule has 1 aliphatic rings. The summed E-state index contributed by atoms with van der Waals surface area (Å²) in [5.74, 6) is -1.81. The van der Waals surface area contributed by atoms with E-state index in [1.165, 1.54) is 6.92 Å². The van der Waals surface area contributed by atoms with Crippen molar-refractivity contribution < 1.29 is 19.5 Å². The molecule has 0 heterocycles. The summed E-state index contributed by atoms with van der Waals surface area (Å²) in [5, 5.41) is 13.6. The van der Waals surface area contributed by atoms with Crippen LogP contribution in [0.15, 0.2) is 0 Å². The highest BCUT2D eigenvalue weighted by Gasteiger charge is 2.48. The molecule has 7 heteroatoms. The maximum Gasteiger partial charge on any atom is 0.329 e. The lowest BCUT2D eigenvalue weighted by Gasteiger charge is -2.25. The molecular formula is C9H15N3O4. The Hall–Kier alpha value is -1.79. The normalized spacial score (nSPS) is 18.3. The van der Waals surface area contributed by atoms with Gasteiger partial charge in [-0.2, -0.15) is 0 Å². The number of carboxylic acid groups (broad SMARTS) is 1. The SMILES string of the molecule is CC(NC(=O)NCC(N)=O)(C(=O)O)C1CC1. The van der Waals surface area contributed by atoms with E-state index < -0.39 is 23.4 Å². The van der Waals surface area contributed by atoms with Crippen LogP contribution in [0.2, 0.25) is 0 Å². The molecule has 0 bridgehead atoms. The Bertz CT molecular complexity index is 327. The Labute approximate surface area is 92.4 Å². The van der Waals surface area contributed by atoms with E-state index in [0.717, 1.165) is 12.8 Å². The zero-order valence-electron chi connectivity index (χ0n) is 8.95. The van der Waals surface area contributed by atoms with Crippen molar-refractivity contribution in [2.24, 2.45) is 11.7 Å². The second-order valence-corrected chi connectivity index (χ2v) is 4.06. The van der Waals surface area contributed by atoms with Gasteiger partial charge in [-0.1, -0.05) is 0 Å². The first-order valence-electron chi connectivity index (χ1n) is 4.94. The number of nitrogens with one attached hydrogen (secondary N) is 2. The highest BCUT2D eigenvalue weighted by molar-refractivity contribution is 5.88. The molecule has 1 aliphatic carbocycles. The molecule has 7 nitrogen and oxygen atoms in total. The van der Waals surface area contributed by atoms with E-state index in [-0.39, 0.29) is 12.5 Å². The smallest absolute Gasteiger partial charge is 0.329 e. The number of urea groups is 1. The van der Waals surface area contributed by atoms with Gasteiger partial charge in [-0.05, 0) is 25.7 Å². The first-order chi connectivity index (χ1) is 7.36. The summed E-state index contributed by atoms with van der Waals surface area (Å²) < 4.78 is 0. The number of carboxylic acids is 1. The molecule has 1 fully saturated rings. The highest BCUT2D eigenvalue weighted by Crippen LogP contribution is 2.39. The Morgan fingerprint density at radius 3 is 2.38 bits per heavy atom. The van der Waals surface area contributed by atoms with Crippen LogP contribution in [-0.2, 0) is 9.59 Å². The summed E-state index contributed by atoms with van der Waals surface area (Å²) >= 11 is 0. The monoisotopic (exact) mass is 229 g/mol. The van der Waals surface area contributed by atoms with E-state index in [1.54, 1.807) is 0 Å². The minimum atomic E-state index is -1.28. The van der Waals surface area contributed by atoms with Gasteiger partial charge in [-0.3, -0.25) is 4.79 Å². The van der Waals surface area contributed by atoms with E-state index in [1.807, 2.05) is 0 Å². The third-order valence-corrected chi connectivity index (χ3v) is 2.63. The van der Waals surface area contributed by atoms with Crippen molar-refractivity contribution >= 4 is 17.9 Å². The molecule has 16 heavy (non-hydrogen) atoms. The predicted octanol–water partition coefficient (Wildman–Crippen LogP) is -0.976. The Morgan fingerprint density at radius 1 is 1.44 bits per heavy atom. The Kier molecular flexibility index (Phi) is 3.36. The molecule has 1 atom stereocenters. The van der Waals surface area contributed by atoms with Gasteiger partial charge in [0.05, 0.1) is 6.54 Å². The van der Waals surface area contributed by atoms with Crippen LogP contribution in [0.3, 0.4) is 0 Å². The van der Waals surface area contributed by atoms with Crippen LogP contribution >= 0.6 is 0 Å². The molecule has 5 N–H and O–H groups in total. The molecule has 1 saturated carbocycles. The Morgan fingerprint density at radius 2 is 2.00 bits per heavy atom. The first-order valence-corrected chi connectivity index (χ1v) is 4.94. The number of amides is 3. The zero-order valence-corrected chi connectivity index (χ0v) is 8.95. The first kappa shape index (κ1) is 12.3. The third kappa shape index (κ3) is 2.85. The van der Waals surface area contributed by atoms with Crippen molar-refractivity contribution in [3.05, 3.63) is 0 Å². The lowest BCUT2D eigenvalue weighted by Crippen LogP contribution is -2.57. The summed E-state index contributed by atoms with van der Waals surface area (Å²) in [6.07, 6.45) is 1.55. The molecule has 90 valence electrons. The van der Waals surface area contributed by atoms with Gasteiger partial charge in [0.1, 0.15) is 5.54 Å². The van der Waals surface area contributed by atoms with Gasteiger partial charge in [-0.15, -0.1) is 0 Å². The molecule has 0 aliphatic heterocycles. The lowest BCUT2D eigenvalue weighted by molar-refractivity contribution is -0.144. The molecular weight excluding hydrogens is 214 g/mol. The molecule has 1 unspecified atom stereocenters. The Balaban J connectivity index is 2.52. The maximum absolute atomic E-state index is 11.3. The molecule has 0 spiro atoms. The van der Waals surface area contributed by atoms with Gasteiger partial charge in [0, 0.05) is 0 Å². The van der Waals surface area contributed by atoms with E-state index in [9.17, 15) is 14.4 Å². The number of aliphatic carboxylic acids is 1. The van der Waals surface area contributed by atoms with E-state index >= 15 is 0 Å². The molecule has 0 radical (unpaired) electrons. The van der Waals surface area contributed by atoms with Crippen LogP contribution in [0, 0.1) is 5.92 Å². The minimum Gasteiger partial charge on any atom is -0.480 e.